The van der Waals surface area contributed by atoms with Crippen LogP contribution in [0.3, 0.4) is 0 Å². The molecule has 0 fully saturated rings. The minimum absolute atomic E-state index is 0.537. The third kappa shape index (κ3) is 2.88. The third-order valence-electron chi connectivity index (χ3n) is 2.53. The van der Waals surface area contributed by atoms with Crippen molar-refractivity contribution < 1.29 is 4.74 Å². The molecular weight excluding hydrogens is 228 g/mol. The molecule has 18 heavy (non-hydrogen) atoms. The number of rotatable bonds is 4. The fourth-order valence-corrected chi connectivity index (χ4v) is 1.59. The van der Waals surface area contributed by atoms with Crippen LogP contribution in [0.4, 0.5) is 11.6 Å². The first-order valence-electron chi connectivity index (χ1n) is 5.66. The molecule has 0 aliphatic carbocycles. The highest BCUT2D eigenvalue weighted by Crippen LogP contribution is 2.14. The third-order valence-corrected chi connectivity index (χ3v) is 2.53. The maximum Gasteiger partial charge on any atom is 0.226 e. The maximum absolute atomic E-state index is 5.87. The minimum Gasteiger partial charge on any atom is -0.481 e. The van der Waals surface area contributed by atoms with E-state index in [0.717, 1.165) is 16.9 Å². The summed E-state index contributed by atoms with van der Waals surface area (Å²) < 4.78 is 5.10. The van der Waals surface area contributed by atoms with Gasteiger partial charge in [-0.05, 0) is 18.6 Å². The molecule has 3 N–H and O–H groups in total. The Bertz CT molecular complexity index is 542. The van der Waals surface area contributed by atoms with E-state index in [1.807, 2.05) is 31.2 Å². The van der Waals surface area contributed by atoms with Gasteiger partial charge in [0, 0.05) is 24.0 Å². The molecule has 0 saturated carbocycles. The number of aryl methyl sites for hydroxylation is 1. The van der Waals surface area contributed by atoms with E-state index in [-0.39, 0.29) is 0 Å². The first-order valence-corrected chi connectivity index (χ1v) is 5.66. The number of nitrogen functional groups attached to an aromatic ring is 1. The zero-order valence-electron chi connectivity index (χ0n) is 10.5. The second-order valence-corrected chi connectivity index (χ2v) is 3.93. The molecule has 5 heteroatoms. The topological polar surface area (TPSA) is 73.1 Å². The van der Waals surface area contributed by atoms with Gasteiger partial charge in [-0.15, -0.1) is 0 Å². The summed E-state index contributed by atoms with van der Waals surface area (Å²) in [6.45, 7) is 2.48. The maximum atomic E-state index is 5.87. The van der Waals surface area contributed by atoms with E-state index in [1.54, 1.807) is 13.2 Å². The zero-order valence-corrected chi connectivity index (χ0v) is 10.5. The molecule has 94 valence electrons. The van der Waals surface area contributed by atoms with Gasteiger partial charge in [0.15, 0.2) is 0 Å². The second-order valence-electron chi connectivity index (χ2n) is 3.93. The van der Waals surface area contributed by atoms with Crippen molar-refractivity contribution >= 4 is 11.6 Å². The number of benzene rings is 1. The number of nitrogens with two attached hydrogens (primary N) is 1. The van der Waals surface area contributed by atoms with Crippen molar-refractivity contribution in [3.8, 4) is 5.88 Å². The van der Waals surface area contributed by atoms with Crippen LogP contribution < -0.4 is 15.8 Å². The van der Waals surface area contributed by atoms with Crippen molar-refractivity contribution in [2.75, 3.05) is 18.2 Å². The lowest BCUT2D eigenvalue weighted by atomic mass is 10.2. The van der Waals surface area contributed by atoms with Crippen molar-refractivity contribution in [3.63, 3.8) is 0 Å². The van der Waals surface area contributed by atoms with Gasteiger partial charge < -0.3 is 15.8 Å². The first kappa shape index (κ1) is 12.2. The van der Waals surface area contributed by atoms with E-state index in [2.05, 4.69) is 15.3 Å². The van der Waals surface area contributed by atoms with Gasteiger partial charge in [-0.1, -0.05) is 18.2 Å². The summed E-state index contributed by atoms with van der Waals surface area (Å²) in [6, 6.07) is 9.47. The number of hydrogen-bond acceptors (Lipinski definition) is 5. The summed E-state index contributed by atoms with van der Waals surface area (Å²) in [5.41, 5.74) is 8.49. The number of aromatic nitrogens is 2. The predicted molar refractivity (Wildman–Crippen MR) is 71.5 cm³/mol. The largest absolute Gasteiger partial charge is 0.481 e. The lowest BCUT2D eigenvalue weighted by Gasteiger charge is -2.09. The van der Waals surface area contributed by atoms with Gasteiger partial charge in [-0.3, -0.25) is 0 Å². The Labute approximate surface area is 106 Å². The molecule has 0 bridgehead atoms. The standard InChI is InChI=1S/C13H16N4O/c1-9-7-12(18-2)17-13(16-9)15-8-10-5-3-4-6-11(10)14/h3-7H,8,14H2,1-2H3,(H,15,16,17). The molecule has 0 aliphatic rings. The van der Waals surface area contributed by atoms with E-state index in [1.165, 1.54) is 0 Å². The molecule has 1 aromatic heterocycles. The number of ether oxygens (including phenoxy) is 1. The number of para-hydroxylation sites is 1. The quantitative estimate of drug-likeness (QED) is 0.805. The van der Waals surface area contributed by atoms with E-state index in [4.69, 9.17) is 10.5 Å². The smallest absolute Gasteiger partial charge is 0.226 e. The highest BCUT2D eigenvalue weighted by molar-refractivity contribution is 5.48. The number of methoxy groups -OCH3 is 1. The van der Waals surface area contributed by atoms with Crippen LogP contribution in [-0.2, 0) is 6.54 Å². The monoisotopic (exact) mass is 244 g/mol. The van der Waals surface area contributed by atoms with Crippen LogP contribution >= 0.6 is 0 Å². The first-order chi connectivity index (χ1) is 8.69. The van der Waals surface area contributed by atoms with Gasteiger partial charge >= 0.3 is 0 Å². The fourth-order valence-electron chi connectivity index (χ4n) is 1.59. The number of anilines is 2. The van der Waals surface area contributed by atoms with Crippen molar-refractivity contribution in [2.24, 2.45) is 0 Å². The normalized spacial score (nSPS) is 10.1. The summed E-state index contributed by atoms with van der Waals surface area (Å²) in [5.74, 6) is 1.08. The Morgan fingerprint density at radius 3 is 2.78 bits per heavy atom. The molecular formula is C13H16N4O. The zero-order chi connectivity index (χ0) is 13.0. The molecule has 0 atom stereocenters. The number of hydrogen-bond donors (Lipinski definition) is 2. The molecule has 0 amide bonds. The van der Waals surface area contributed by atoms with Crippen molar-refractivity contribution in [2.45, 2.75) is 13.5 Å². The molecule has 0 aliphatic heterocycles. The van der Waals surface area contributed by atoms with Gasteiger partial charge in [0.25, 0.3) is 0 Å². The lowest BCUT2D eigenvalue weighted by molar-refractivity contribution is 0.397. The molecule has 1 heterocycles. The van der Waals surface area contributed by atoms with E-state index in [0.29, 0.717) is 18.4 Å². The molecule has 0 radical (unpaired) electrons. The van der Waals surface area contributed by atoms with E-state index < -0.39 is 0 Å². The van der Waals surface area contributed by atoms with Crippen molar-refractivity contribution in [3.05, 3.63) is 41.6 Å². The molecule has 0 unspecified atom stereocenters. The average molecular weight is 244 g/mol. The van der Waals surface area contributed by atoms with Gasteiger partial charge in [-0.25, -0.2) is 4.98 Å². The molecule has 0 saturated heterocycles. The van der Waals surface area contributed by atoms with E-state index >= 15 is 0 Å². The Kier molecular flexibility index (Phi) is 3.62. The Morgan fingerprint density at radius 2 is 2.06 bits per heavy atom. The van der Waals surface area contributed by atoms with Gasteiger partial charge in [0.05, 0.1) is 7.11 Å². The van der Waals surface area contributed by atoms with Crippen LogP contribution in [0, 0.1) is 6.92 Å². The van der Waals surface area contributed by atoms with Gasteiger partial charge in [-0.2, -0.15) is 4.98 Å². The average Bonchev–Trinajstić information content (AvgIpc) is 2.37. The summed E-state index contributed by atoms with van der Waals surface area (Å²) in [5, 5.41) is 3.14. The number of nitrogens with zero attached hydrogens (tertiary/aromatic N) is 2. The van der Waals surface area contributed by atoms with Crippen LogP contribution in [0.15, 0.2) is 30.3 Å². The van der Waals surface area contributed by atoms with Gasteiger partial charge in [0.2, 0.25) is 11.8 Å². The lowest BCUT2D eigenvalue weighted by Crippen LogP contribution is -2.07. The van der Waals surface area contributed by atoms with Crippen LogP contribution in [-0.4, -0.2) is 17.1 Å². The van der Waals surface area contributed by atoms with Crippen LogP contribution in [0.1, 0.15) is 11.3 Å². The van der Waals surface area contributed by atoms with Gasteiger partial charge in [0.1, 0.15) is 0 Å². The van der Waals surface area contributed by atoms with Crippen LogP contribution in [0.2, 0.25) is 0 Å². The Balaban J connectivity index is 2.11. The molecule has 0 spiro atoms. The number of nitrogens with one attached hydrogen (secondary N) is 1. The Morgan fingerprint density at radius 1 is 1.28 bits per heavy atom. The SMILES string of the molecule is COc1cc(C)nc(NCc2ccccc2N)n1. The minimum atomic E-state index is 0.537. The molecule has 1 aromatic carbocycles. The summed E-state index contributed by atoms with van der Waals surface area (Å²) in [6.07, 6.45) is 0. The van der Waals surface area contributed by atoms with E-state index in [9.17, 15) is 0 Å². The molecule has 5 nitrogen and oxygen atoms in total. The molecule has 2 rings (SSSR count). The van der Waals surface area contributed by atoms with Crippen molar-refractivity contribution in [1.29, 1.82) is 0 Å². The summed E-state index contributed by atoms with van der Waals surface area (Å²) in [4.78, 5) is 8.50. The van der Waals surface area contributed by atoms with Crippen LogP contribution in [0.25, 0.3) is 0 Å². The highest BCUT2D eigenvalue weighted by Gasteiger charge is 2.03. The van der Waals surface area contributed by atoms with Crippen LogP contribution in [0.5, 0.6) is 5.88 Å². The fraction of sp³-hybridized carbons (Fsp3) is 0.231. The second kappa shape index (κ2) is 5.35. The predicted octanol–water partition coefficient (Wildman–Crippen LogP) is 1.99. The summed E-state index contributed by atoms with van der Waals surface area (Å²) >= 11 is 0. The van der Waals surface area contributed by atoms with Crippen molar-refractivity contribution in [1.82, 2.24) is 9.97 Å². The summed E-state index contributed by atoms with van der Waals surface area (Å²) in [7, 11) is 1.58. The Hall–Kier alpha value is -2.30. The molecule has 2 aromatic rings. The highest BCUT2D eigenvalue weighted by atomic mass is 16.5.